The first-order valence-electron chi connectivity index (χ1n) is 8.51. The van der Waals surface area contributed by atoms with Crippen LogP contribution >= 0.6 is 0 Å². The molecule has 0 aliphatic rings. The summed E-state index contributed by atoms with van der Waals surface area (Å²) in [4.78, 5) is 24.3. The Morgan fingerprint density at radius 1 is 1.04 bits per heavy atom. The van der Waals surface area contributed by atoms with E-state index >= 15 is 0 Å². The summed E-state index contributed by atoms with van der Waals surface area (Å²) in [5, 5.41) is 0. The standard InChI is InChI=1S/C20H22FNO5S/c1-13-9-14(2)20(15(3)10-13)18(23)12-27-19(24)11-22(4)28(25,26)17-7-5-16(21)6-8-17/h5-10H,11-12H2,1-4H3. The molecule has 0 atom stereocenters. The number of rotatable bonds is 7. The van der Waals surface area contributed by atoms with Crippen LogP contribution in [-0.2, 0) is 19.6 Å². The highest BCUT2D eigenvalue weighted by Gasteiger charge is 2.24. The molecule has 0 spiro atoms. The van der Waals surface area contributed by atoms with Crippen LogP contribution in [0.2, 0.25) is 0 Å². The van der Waals surface area contributed by atoms with E-state index in [9.17, 15) is 22.4 Å². The van der Waals surface area contributed by atoms with Gasteiger partial charge in [-0.25, -0.2) is 12.8 Å². The van der Waals surface area contributed by atoms with Gasteiger partial charge in [0.05, 0.1) is 4.90 Å². The molecule has 0 bridgehead atoms. The van der Waals surface area contributed by atoms with Gasteiger partial charge in [0, 0.05) is 12.6 Å². The number of ether oxygens (including phenoxy) is 1. The molecule has 6 nitrogen and oxygen atoms in total. The van der Waals surface area contributed by atoms with Crippen LogP contribution in [0.1, 0.15) is 27.0 Å². The van der Waals surface area contributed by atoms with E-state index in [2.05, 4.69) is 0 Å². The fraction of sp³-hybridized carbons (Fsp3) is 0.300. The van der Waals surface area contributed by atoms with Crippen LogP contribution < -0.4 is 0 Å². The van der Waals surface area contributed by atoms with Crippen molar-refractivity contribution in [3.05, 3.63) is 64.5 Å². The van der Waals surface area contributed by atoms with Gasteiger partial charge in [0.1, 0.15) is 12.4 Å². The van der Waals surface area contributed by atoms with Crippen molar-refractivity contribution in [2.24, 2.45) is 0 Å². The molecule has 0 N–H and O–H groups in total. The van der Waals surface area contributed by atoms with E-state index in [0.717, 1.165) is 45.3 Å². The highest BCUT2D eigenvalue weighted by molar-refractivity contribution is 7.89. The predicted molar refractivity (Wildman–Crippen MR) is 102 cm³/mol. The van der Waals surface area contributed by atoms with E-state index in [0.29, 0.717) is 5.56 Å². The number of hydrogen-bond donors (Lipinski definition) is 0. The van der Waals surface area contributed by atoms with Gasteiger partial charge in [-0.1, -0.05) is 17.7 Å². The Morgan fingerprint density at radius 2 is 1.57 bits per heavy atom. The summed E-state index contributed by atoms with van der Waals surface area (Å²) in [5.74, 6) is -1.78. The summed E-state index contributed by atoms with van der Waals surface area (Å²) in [6.45, 7) is 4.48. The number of halogens is 1. The fourth-order valence-electron chi connectivity index (χ4n) is 2.94. The van der Waals surface area contributed by atoms with E-state index in [-0.39, 0.29) is 10.7 Å². The van der Waals surface area contributed by atoms with Gasteiger partial charge in [-0.05, 0) is 56.2 Å². The van der Waals surface area contributed by atoms with Crippen LogP contribution in [-0.4, -0.2) is 44.7 Å². The molecule has 2 rings (SSSR count). The molecule has 0 unspecified atom stereocenters. The molecule has 0 aliphatic heterocycles. The van der Waals surface area contributed by atoms with Crippen LogP contribution in [0.3, 0.4) is 0 Å². The molecule has 2 aromatic carbocycles. The van der Waals surface area contributed by atoms with Crippen LogP contribution in [0.4, 0.5) is 4.39 Å². The van der Waals surface area contributed by atoms with Gasteiger partial charge in [0.15, 0.2) is 6.61 Å². The van der Waals surface area contributed by atoms with E-state index in [4.69, 9.17) is 4.74 Å². The second-order valence-electron chi connectivity index (χ2n) is 6.57. The maximum atomic E-state index is 13.0. The zero-order valence-corrected chi connectivity index (χ0v) is 17.0. The third-order valence-corrected chi connectivity index (χ3v) is 6.01. The second kappa shape index (κ2) is 8.62. The number of sulfonamides is 1. The molecule has 0 amide bonds. The van der Waals surface area contributed by atoms with Gasteiger partial charge in [-0.15, -0.1) is 0 Å². The summed E-state index contributed by atoms with van der Waals surface area (Å²) < 4.78 is 43.5. The molecule has 0 saturated carbocycles. The molecular formula is C20H22FNO5S. The highest BCUT2D eigenvalue weighted by Crippen LogP contribution is 2.18. The molecule has 0 radical (unpaired) electrons. The van der Waals surface area contributed by atoms with Crippen molar-refractivity contribution in [3.63, 3.8) is 0 Å². The first kappa shape index (κ1) is 21.7. The van der Waals surface area contributed by atoms with Crippen molar-refractivity contribution in [1.29, 1.82) is 0 Å². The lowest BCUT2D eigenvalue weighted by Crippen LogP contribution is -2.33. The Kier molecular flexibility index (Phi) is 6.69. The monoisotopic (exact) mass is 407 g/mol. The van der Waals surface area contributed by atoms with Crippen LogP contribution in [0, 0.1) is 26.6 Å². The van der Waals surface area contributed by atoms with Crippen LogP contribution in [0.25, 0.3) is 0 Å². The lowest BCUT2D eigenvalue weighted by atomic mass is 9.97. The number of esters is 1. The molecule has 28 heavy (non-hydrogen) atoms. The number of Topliss-reactive ketones (excluding diaryl/α,β-unsaturated/α-hetero) is 1. The molecular weight excluding hydrogens is 385 g/mol. The van der Waals surface area contributed by atoms with E-state index in [1.807, 2.05) is 19.1 Å². The average Bonchev–Trinajstić information content (AvgIpc) is 2.59. The largest absolute Gasteiger partial charge is 0.456 e. The number of benzene rings is 2. The fourth-order valence-corrected chi connectivity index (χ4v) is 4.05. The molecule has 0 aromatic heterocycles. The van der Waals surface area contributed by atoms with Crippen molar-refractivity contribution >= 4 is 21.8 Å². The number of carbonyl (C=O) groups is 2. The number of aryl methyl sites for hydroxylation is 3. The normalized spacial score (nSPS) is 11.5. The summed E-state index contributed by atoms with van der Waals surface area (Å²) in [7, 11) is -2.77. The SMILES string of the molecule is Cc1cc(C)c(C(=O)COC(=O)CN(C)S(=O)(=O)c2ccc(F)cc2)c(C)c1. The number of ketones is 1. The summed E-state index contributed by atoms with van der Waals surface area (Å²) in [6.07, 6.45) is 0. The molecule has 0 heterocycles. The van der Waals surface area contributed by atoms with Gasteiger partial charge >= 0.3 is 5.97 Å². The van der Waals surface area contributed by atoms with E-state index < -0.39 is 35.0 Å². The van der Waals surface area contributed by atoms with Crippen molar-refractivity contribution in [1.82, 2.24) is 4.31 Å². The van der Waals surface area contributed by atoms with Crippen molar-refractivity contribution in [2.45, 2.75) is 25.7 Å². The molecule has 0 saturated heterocycles. The van der Waals surface area contributed by atoms with E-state index in [1.54, 1.807) is 13.8 Å². The van der Waals surface area contributed by atoms with Gasteiger partial charge in [0.25, 0.3) is 0 Å². The third kappa shape index (κ3) is 5.02. The molecule has 0 aliphatic carbocycles. The quantitative estimate of drug-likeness (QED) is 0.521. The Morgan fingerprint density at radius 3 is 2.11 bits per heavy atom. The van der Waals surface area contributed by atoms with E-state index in [1.165, 1.54) is 7.05 Å². The third-order valence-electron chi connectivity index (χ3n) is 4.19. The molecule has 8 heteroatoms. The Balaban J connectivity index is 2.00. The summed E-state index contributed by atoms with van der Waals surface area (Å²) in [5.41, 5.74) is 3.09. The second-order valence-corrected chi connectivity index (χ2v) is 8.62. The minimum atomic E-state index is -3.98. The minimum absolute atomic E-state index is 0.147. The minimum Gasteiger partial charge on any atom is -0.456 e. The molecule has 2 aromatic rings. The zero-order chi connectivity index (χ0) is 21.1. The Hall–Kier alpha value is -2.58. The number of hydrogen-bond acceptors (Lipinski definition) is 5. The number of likely N-dealkylation sites (N-methyl/N-ethyl adjacent to an activating group) is 1. The summed E-state index contributed by atoms with van der Waals surface area (Å²) in [6, 6.07) is 7.99. The lowest BCUT2D eigenvalue weighted by Gasteiger charge is -2.16. The smallest absolute Gasteiger partial charge is 0.321 e. The molecule has 150 valence electrons. The van der Waals surface area contributed by atoms with Crippen LogP contribution in [0.5, 0.6) is 0 Å². The Labute approximate surface area is 164 Å². The van der Waals surface area contributed by atoms with Crippen molar-refractivity contribution < 1.29 is 27.1 Å². The van der Waals surface area contributed by atoms with Crippen molar-refractivity contribution in [3.8, 4) is 0 Å². The van der Waals surface area contributed by atoms with Crippen LogP contribution in [0.15, 0.2) is 41.3 Å². The lowest BCUT2D eigenvalue weighted by molar-refractivity contribution is -0.142. The van der Waals surface area contributed by atoms with Gasteiger partial charge in [-0.2, -0.15) is 4.31 Å². The Bertz CT molecular complexity index is 977. The topological polar surface area (TPSA) is 80.8 Å². The highest BCUT2D eigenvalue weighted by atomic mass is 32.2. The zero-order valence-electron chi connectivity index (χ0n) is 16.2. The average molecular weight is 407 g/mol. The summed E-state index contributed by atoms with van der Waals surface area (Å²) >= 11 is 0. The maximum absolute atomic E-state index is 13.0. The van der Waals surface area contributed by atoms with Crippen molar-refractivity contribution in [2.75, 3.05) is 20.2 Å². The maximum Gasteiger partial charge on any atom is 0.321 e. The first-order chi connectivity index (χ1) is 13.0. The number of nitrogens with zero attached hydrogens (tertiary/aromatic N) is 1. The van der Waals surface area contributed by atoms with Gasteiger partial charge < -0.3 is 4.74 Å². The molecule has 0 fully saturated rings. The predicted octanol–water partition coefficient (Wildman–Crippen LogP) is 2.80. The van der Waals surface area contributed by atoms with Gasteiger partial charge in [0.2, 0.25) is 15.8 Å². The first-order valence-corrected chi connectivity index (χ1v) is 9.95. The number of carbonyl (C=O) groups excluding carboxylic acids is 2. The van der Waals surface area contributed by atoms with Gasteiger partial charge in [-0.3, -0.25) is 9.59 Å².